The quantitative estimate of drug-likeness (QED) is 0.673. The fraction of sp³-hybridized carbons (Fsp3) is 0.300. The summed E-state index contributed by atoms with van der Waals surface area (Å²) in [6, 6.07) is 14.0. The van der Waals surface area contributed by atoms with Gasteiger partial charge >= 0.3 is 0 Å². The van der Waals surface area contributed by atoms with Crippen LogP contribution in [0.3, 0.4) is 0 Å². The molecule has 7 heteroatoms. The number of carbonyl (C=O) groups excluding carboxylic acids is 1. The Labute approximate surface area is 167 Å². The molecule has 1 aliphatic heterocycles. The number of aryl methyl sites for hydroxylation is 1. The third-order valence-corrected chi connectivity index (χ3v) is 5.85. The molecular weight excluding hydrogens is 380 g/mol. The summed E-state index contributed by atoms with van der Waals surface area (Å²) in [4.78, 5) is 24.6. The molecule has 0 spiro atoms. The lowest BCUT2D eigenvalue weighted by molar-refractivity contribution is -0.128. The molecule has 2 aromatic carbocycles. The van der Waals surface area contributed by atoms with Gasteiger partial charge in [-0.25, -0.2) is 4.98 Å². The molecule has 1 aromatic heterocycles. The van der Waals surface area contributed by atoms with Gasteiger partial charge in [0.05, 0.1) is 16.8 Å². The van der Waals surface area contributed by atoms with E-state index >= 15 is 0 Å². The van der Waals surface area contributed by atoms with Crippen molar-refractivity contribution in [2.45, 2.75) is 12.1 Å². The molecule has 1 amide bonds. The van der Waals surface area contributed by atoms with Crippen molar-refractivity contribution in [2.75, 3.05) is 36.8 Å². The minimum atomic E-state index is 0.155. The largest absolute Gasteiger partial charge is 0.368 e. The molecule has 1 fully saturated rings. The van der Waals surface area contributed by atoms with Gasteiger partial charge in [0.25, 0.3) is 0 Å². The van der Waals surface area contributed by atoms with Crippen LogP contribution in [0, 0.1) is 6.92 Å². The molecule has 3 aromatic rings. The molecule has 140 valence electrons. The molecule has 27 heavy (non-hydrogen) atoms. The van der Waals surface area contributed by atoms with Gasteiger partial charge in [0.2, 0.25) is 5.91 Å². The van der Waals surface area contributed by atoms with Crippen LogP contribution in [0.2, 0.25) is 5.02 Å². The third kappa shape index (κ3) is 4.22. The van der Waals surface area contributed by atoms with Crippen LogP contribution in [0.15, 0.2) is 47.6 Å². The maximum Gasteiger partial charge on any atom is 0.233 e. The Balaban J connectivity index is 1.31. The maximum atomic E-state index is 12.6. The SMILES string of the molecule is Cc1ccc2nc(SCC(=O)N3CCN(c4cccc(Cl)c4)CC3)[nH]c2c1. The van der Waals surface area contributed by atoms with Crippen molar-refractivity contribution in [1.29, 1.82) is 0 Å². The number of amides is 1. The van der Waals surface area contributed by atoms with Gasteiger partial charge in [-0.3, -0.25) is 4.79 Å². The molecule has 1 N–H and O–H groups in total. The summed E-state index contributed by atoms with van der Waals surface area (Å²) in [7, 11) is 0. The molecule has 1 aliphatic rings. The van der Waals surface area contributed by atoms with Crippen LogP contribution in [0.5, 0.6) is 0 Å². The van der Waals surface area contributed by atoms with E-state index in [0.717, 1.165) is 53.1 Å². The van der Waals surface area contributed by atoms with E-state index in [1.54, 1.807) is 0 Å². The van der Waals surface area contributed by atoms with E-state index in [9.17, 15) is 4.79 Å². The van der Waals surface area contributed by atoms with Gasteiger partial charge in [0, 0.05) is 36.9 Å². The van der Waals surface area contributed by atoms with Gasteiger partial charge in [0.1, 0.15) is 0 Å². The summed E-state index contributed by atoms with van der Waals surface area (Å²) in [5.41, 5.74) is 4.25. The lowest BCUT2D eigenvalue weighted by Crippen LogP contribution is -2.49. The van der Waals surface area contributed by atoms with Crippen molar-refractivity contribution in [1.82, 2.24) is 14.9 Å². The fourth-order valence-corrected chi connectivity index (χ4v) is 4.25. The number of hydrogen-bond donors (Lipinski definition) is 1. The Hall–Kier alpha value is -2.18. The molecule has 0 atom stereocenters. The number of imidazole rings is 1. The third-order valence-electron chi connectivity index (χ3n) is 4.75. The van der Waals surface area contributed by atoms with Crippen molar-refractivity contribution in [3.8, 4) is 0 Å². The molecule has 0 saturated carbocycles. The fourth-order valence-electron chi connectivity index (χ4n) is 3.28. The highest BCUT2D eigenvalue weighted by Crippen LogP contribution is 2.23. The topological polar surface area (TPSA) is 52.2 Å². The Kier molecular flexibility index (Phi) is 5.27. The summed E-state index contributed by atoms with van der Waals surface area (Å²) >= 11 is 7.54. The maximum absolute atomic E-state index is 12.6. The summed E-state index contributed by atoms with van der Waals surface area (Å²) in [5, 5.41) is 1.53. The number of aromatic amines is 1. The highest BCUT2D eigenvalue weighted by atomic mass is 35.5. The highest BCUT2D eigenvalue weighted by molar-refractivity contribution is 7.99. The molecule has 2 heterocycles. The Bertz CT molecular complexity index is 966. The van der Waals surface area contributed by atoms with Crippen LogP contribution >= 0.6 is 23.4 Å². The Morgan fingerprint density at radius 3 is 2.78 bits per heavy atom. The van der Waals surface area contributed by atoms with Crippen LogP contribution < -0.4 is 4.90 Å². The van der Waals surface area contributed by atoms with Crippen LogP contribution in [-0.4, -0.2) is 52.7 Å². The van der Waals surface area contributed by atoms with Gasteiger partial charge in [-0.15, -0.1) is 0 Å². The first-order valence-corrected chi connectivity index (χ1v) is 10.3. The number of carbonyl (C=O) groups is 1. The molecule has 0 radical (unpaired) electrons. The summed E-state index contributed by atoms with van der Waals surface area (Å²) in [6.07, 6.45) is 0. The standard InChI is InChI=1S/C20H21ClN4OS/c1-14-5-6-17-18(11-14)23-20(22-17)27-13-19(26)25-9-7-24(8-10-25)16-4-2-3-15(21)12-16/h2-6,11-12H,7-10,13H2,1H3,(H,22,23). The first-order chi connectivity index (χ1) is 13.1. The molecule has 1 saturated heterocycles. The van der Waals surface area contributed by atoms with Gasteiger partial charge in [0.15, 0.2) is 5.16 Å². The van der Waals surface area contributed by atoms with Crippen molar-refractivity contribution in [3.05, 3.63) is 53.1 Å². The lowest BCUT2D eigenvalue weighted by Gasteiger charge is -2.36. The minimum Gasteiger partial charge on any atom is -0.368 e. The van der Waals surface area contributed by atoms with Gasteiger partial charge < -0.3 is 14.8 Å². The number of thioether (sulfide) groups is 1. The van der Waals surface area contributed by atoms with Crippen LogP contribution in [-0.2, 0) is 4.79 Å². The number of benzene rings is 2. The molecule has 5 nitrogen and oxygen atoms in total. The van der Waals surface area contributed by atoms with Gasteiger partial charge in [-0.2, -0.15) is 0 Å². The predicted octanol–water partition coefficient (Wildman–Crippen LogP) is 3.97. The molecule has 0 aliphatic carbocycles. The number of hydrogen-bond acceptors (Lipinski definition) is 4. The number of halogens is 1. The summed E-state index contributed by atoms with van der Waals surface area (Å²) in [5.74, 6) is 0.554. The van der Waals surface area contributed by atoms with Crippen molar-refractivity contribution < 1.29 is 4.79 Å². The Morgan fingerprint density at radius 2 is 2.00 bits per heavy atom. The number of H-pyrrole nitrogens is 1. The second-order valence-electron chi connectivity index (χ2n) is 6.70. The number of nitrogens with zero attached hydrogens (tertiary/aromatic N) is 3. The van der Waals surface area contributed by atoms with Crippen LogP contribution in [0.4, 0.5) is 5.69 Å². The first-order valence-electron chi connectivity index (χ1n) is 8.96. The van der Waals surface area contributed by atoms with E-state index in [2.05, 4.69) is 33.9 Å². The summed E-state index contributed by atoms with van der Waals surface area (Å²) < 4.78 is 0. The van der Waals surface area contributed by atoms with E-state index in [0.29, 0.717) is 5.75 Å². The average Bonchev–Trinajstić information content (AvgIpc) is 3.08. The van der Waals surface area contributed by atoms with Gasteiger partial charge in [-0.05, 0) is 42.8 Å². The monoisotopic (exact) mass is 400 g/mol. The predicted molar refractivity (Wildman–Crippen MR) is 112 cm³/mol. The zero-order chi connectivity index (χ0) is 18.8. The first kappa shape index (κ1) is 18.2. The summed E-state index contributed by atoms with van der Waals surface area (Å²) in [6.45, 7) is 5.15. The lowest BCUT2D eigenvalue weighted by atomic mass is 10.2. The number of anilines is 1. The van der Waals surface area contributed by atoms with Crippen molar-refractivity contribution in [3.63, 3.8) is 0 Å². The normalized spacial score (nSPS) is 14.7. The number of rotatable bonds is 4. The molecule has 0 bridgehead atoms. The van der Waals surface area contributed by atoms with Crippen molar-refractivity contribution >= 4 is 46.0 Å². The molecule has 0 unspecified atom stereocenters. The highest BCUT2D eigenvalue weighted by Gasteiger charge is 2.21. The van der Waals surface area contributed by atoms with E-state index < -0.39 is 0 Å². The van der Waals surface area contributed by atoms with Gasteiger partial charge in [-0.1, -0.05) is 35.5 Å². The van der Waals surface area contributed by atoms with E-state index in [-0.39, 0.29) is 5.91 Å². The van der Waals surface area contributed by atoms with Crippen LogP contribution in [0.25, 0.3) is 11.0 Å². The average molecular weight is 401 g/mol. The Morgan fingerprint density at radius 1 is 1.19 bits per heavy atom. The second-order valence-corrected chi connectivity index (χ2v) is 8.10. The van der Waals surface area contributed by atoms with E-state index in [1.165, 1.54) is 17.3 Å². The zero-order valence-electron chi connectivity index (χ0n) is 15.1. The number of piperazine rings is 1. The molecule has 4 rings (SSSR count). The smallest absolute Gasteiger partial charge is 0.233 e. The van der Waals surface area contributed by atoms with E-state index in [1.807, 2.05) is 35.2 Å². The second kappa shape index (κ2) is 7.82. The number of fused-ring (bicyclic) bond motifs is 1. The van der Waals surface area contributed by atoms with E-state index in [4.69, 9.17) is 11.6 Å². The minimum absolute atomic E-state index is 0.155. The number of aromatic nitrogens is 2. The van der Waals surface area contributed by atoms with Crippen LogP contribution in [0.1, 0.15) is 5.56 Å². The van der Waals surface area contributed by atoms with Crippen molar-refractivity contribution in [2.24, 2.45) is 0 Å². The number of nitrogens with one attached hydrogen (secondary N) is 1. The zero-order valence-corrected chi connectivity index (χ0v) is 16.7. The molecular formula is C20H21ClN4OS.